The second kappa shape index (κ2) is 5.07. The standard InChI is InChI=1S/C9H19N3O/c1-3-11-9(13)12(4-2)8-5-6-10-7-8/h8,10H,3-7H2,1-2H3,(H,11,13). The van der Waals surface area contributed by atoms with E-state index in [2.05, 4.69) is 10.6 Å². The van der Waals surface area contributed by atoms with E-state index in [0.717, 1.165) is 26.1 Å². The lowest BCUT2D eigenvalue weighted by Crippen LogP contribution is -2.46. The molecule has 4 nitrogen and oxygen atoms in total. The Balaban J connectivity index is 2.44. The number of nitrogens with one attached hydrogen (secondary N) is 2. The summed E-state index contributed by atoms with van der Waals surface area (Å²) in [6.07, 6.45) is 1.07. The van der Waals surface area contributed by atoms with Crippen LogP contribution in [0.15, 0.2) is 0 Å². The average molecular weight is 185 g/mol. The number of likely N-dealkylation sites (N-methyl/N-ethyl adjacent to an activating group) is 1. The van der Waals surface area contributed by atoms with E-state index in [9.17, 15) is 4.79 Å². The lowest BCUT2D eigenvalue weighted by atomic mass is 10.2. The van der Waals surface area contributed by atoms with Crippen molar-refractivity contribution in [3.63, 3.8) is 0 Å². The number of hydrogen-bond acceptors (Lipinski definition) is 2. The van der Waals surface area contributed by atoms with Gasteiger partial charge in [0.05, 0.1) is 0 Å². The number of amides is 2. The first-order chi connectivity index (χ1) is 6.29. The Bertz CT molecular complexity index is 166. The van der Waals surface area contributed by atoms with Crippen LogP contribution in [0.25, 0.3) is 0 Å². The number of rotatable bonds is 3. The van der Waals surface area contributed by atoms with Gasteiger partial charge < -0.3 is 15.5 Å². The molecule has 1 rings (SSSR count). The quantitative estimate of drug-likeness (QED) is 0.668. The SMILES string of the molecule is CCNC(=O)N(CC)C1CCNC1. The molecule has 1 heterocycles. The second-order valence-electron chi connectivity index (χ2n) is 3.27. The summed E-state index contributed by atoms with van der Waals surface area (Å²) in [5.74, 6) is 0. The molecule has 13 heavy (non-hydrogen) atoms. The Morgan fingerprint density at radius 1 is 1.62 bits per heavy atom. The van der Waals surface area contributed by atoms with Crippen LogP contribution >= 0.6 is 0 Å². The minimum absolute atomic E-state index is 0.0682. The van der Waals surface area contributed by atoms with E-state index in [4.69, 9.17) is 0 Å². The first-order valence-corrected chi connectivity index (χ1v) is 5.04. The van der Waals surface area contributed by atoms with Crippen LogP contribution in [0.2, 0.25) is 0 Å². The highest BCUT2D eigenvalue weighted by atomic mass is 16.2. The molecule has 76 valence electrons. The summed E-state index contributed by atoms with van der Waals surface area (Å²) in [6.45, 7) is 7.42. The van der Waals surface area contributed by atoms with Crippen molar-refractivity contribution >= 4 is 6.03 Å². The van der Waals surface area contributed by atoms with Gasteiger partial charge in [0, 0.05) is 25.7 Å². The summed E-state index contributed by atoms with van der Waals surface area (Å²) in [5, 5.41) is 6.10. The summed E-state index contributed by atoms with van der Waals surface area (Å²) < 4.78 is 0. The molecule has 2 amide bonds. The minimum Gasteiger partial charge on any atom is -0.338 e. The topological polar surface area (TPSA) is 44.4 Å². The fourth-order valence-electron chi connectivity index (χ4n) is 1.73. The molecular formula is C9H19N3O. The monoisotopic (exact) mass is 185 g/mol. The van der Waals surface area contributed by atoms with Crippen molar-refractivity contribution in [2.45, 2.75) is 26.3 Å². The van der Waals surface area contributed by atoms with Crippen molar-refractivity contribution in [1.29, 1.82) is 0 Å². The van der Waals surface area contributed by atoms with Gasteiger partial charge >= 0.3 is 6.03 Å². The molecular weight excluding hydrogens is 166 g/mol. The molecule has 0 saturated carbocycles. The van der Waals surface area contributed by atoms with E-state index in [1.165, 1.54) is 0 Å². The molecule has 0 aromatic carbocycles. The zero-order valence-electron chi connectivity index (χ0n) is 8.47. The molecule has 0 aromatic rings. The third-order valence-corrected chi connectivity index (χ3v) is 2.40. The highest BCUT2D eigenvalue weighted by Gasteiger charge is 2.24. The van der Waals surface area contributed by atoms with Gasteiger partial charge in [-0.3, -0.25) is 0 Å². The van der Waals surface area contributed by atoms with E-state index in [0.29, 0.717) is 12.6 Å². The summed E-state index contributed by atoms with van der Waals surface area (Å²) in [4.78, 5) is 13.5. The van der Waals surface area contributed by atoms with Crippen LogP contribution in [-0.4, -0.2) is 43.2 Å². The molecule has 1 unspecified atom stereocenters. The van der Waals surface area contributed by atoms with Crippen LogP contribution in [0.4, 0.5) is 4.79 Å². The number of urea groups is 1. The predicted molar refractivity (Wildman–Crippen MR) is 52.7 cm³/mol. The number of carbonyl (C=O) groups excluding carboxylic acids is 1. The Hall–Kier alpha value is -0.770. The van der Waals surface area contributed by atoms with Gasteiger partial charge in [-0.15, -0.1) is 0 Å². The van der Waals surface area contributed by atoms with Crippen molar-refractivity contribution in [2.24, 2.45) is 0 Å². The largest absolute Gasteiger partial charge is 0.338 e. The maximum atomic E-state index is 11.5. The van der Waals surface area contributed by atoms with Crippen molar-refractivity contribution in [2.75, 3.05) is 26.2 Å². The first-order valence-electron chi connectivity index (χ1n) is 5.04. The molecule has 1 atom stereocenters. The molecule has 1 saturated heterocycles. The average Bonchev–Trinajstić information content (AvgIpc) is 2.59. The summed E-state index contributed by atoms with van der Waals surface area (Å²) in [6, 6.07) is 0.454. The maximum absolute atomic E-state index is 11.5. The molecule has 1 fully saturated rings. The van der Waals surface area contributed by atoms with E-state index >= 15 is 0 Å². The lowest BCUT2D eigenvalue weighted by molar-refractivity contribution is 0.183. The Labute approximate surface area is 79.7 Å². The lowest BCUT2D eigenvalue weighted by Gasteiger charge is -2.26. The normalized spacial score (nSPS) is 21.5. The van der Waals surface area contributed by atoms with Gasteiger partial charge in [0.2, 0.25) is 0 Å². The summed E-state index contributed by atoms with van der Waals surface area (Å²) in [7, 11) is 0. The Morgan fingerprint density at radius 3 is 2.85 bits per heavy atom. The smallest absolute Gasteiger partial charge is 0.317 e. The summed E-state index contributed by atoms with van der Waals surface area (Å²) in [5.41, 5.74) is 0. The summed E-state index contributed by atoms with van der Waals surface area (Å²) >= 11 is 0. The fraction of sp³-hybridized carbons (Fsp3) is 0.889. The molecule has 1 aliphatic heterocycles. The van der Waals surface area contributed by atoms with Gasteiger partial charge in [0.25, 0.3) is 0 Å². The van der Waals surface area contributed by atoms with Crippen LogP contribution in [0.1, 0.15) is 20.3 Å². The van der Waals surface area contributed by atoms with Crippen molar-refractivity contribution in [3.05, 3.63) is 0 Å². The molecule has 4 heteroatoms. The molecule has 0 radical (unpaired) electrons. The second-order valence-corrected chi connectivity index (χ2v) is 3.27. The molecule has 0 bridgehead atoms. The van der Waals surface area contributed by atoms with E-state index in [1.807, 2.05) is 18.7 Å². The number of hydrogen-bond donors (Lipinski definition) is 2. The van der Waals surface area contributed by atoms with Gasteiger partial charge in [0.1, 0.15) is 0 Å². The molecule has 2 N–H and O–H groups in total. The number of carbonyl (C=O) groups is 1. The predicted octanol–water partition coefficient (Wildman–Crippen LogP) is 0.400. The third-order valence-electron chi connectivity index (χ3n) is 2.40. The van der Waals surface area contributed by atoms with Gasteiger partial charge in [0.15, 0.2) is 0 Å². The van der Waals surface area contributed by atoms with E-state index in [-0.39, 0.29) is 6.03 Å². The van der Waals surface area contributed by atoms with Gasteiger partial charge in [-0.05, 0) is 26.8 Å². The van der Waals surface area contributed by atoms with Crippen LogP contribution < -0.4 is 10.6 Å². The zero-order chi connectivity index (χ0) is 9.68. The minimum atomic E-state index is 0.0682. The first kappa shape index (κ1) is 10.3. The van der Waals surface area contributed by atoms with Crippen LogP contribution in [0, 0.1) is 0 Å². The zero-order valence-corrected chi connectivity index (χ0v) is 8.47. The number of nitrogens with zero attached hydrogens (tertiary/aromatic N) is 1. The van der Waals surface area contributed by atoms with Gasteiger partial charge in [-0.2, -0.15) is 0 Å². The van der Waals surface area contributed by atoms with Crippen LogP contribution in [-0.2, 0) is 0 Å². The Kier molecular flexibility index (Phi) is 4.02. The highest BCUT2D eigenvalue weighted by molar-refractivity contribution is 5.74. The molecule has 1 aliphatic rings. The van der Waals surface area contributed by atoms with Crippen LogP contribution in [0.3, 0.4) is 0 Å². The van der Waals surface area contributed by atoms with E-state index < -0.39 is 0 Å². The maximum Gasteiger partial charge on any atom is 0.317 e. The van der Waals surface area contributed by atoms with Crippen molar-refractivity contribution < 1.29 is 4.79 Å². The highest BCUT2D eigenvalue weighted by Crippen LogP contribution is 2.07. The van der Waals surface area contributed by atoms with Crippen LogP contribution in [0.5, 0.6) is 0 Å². The van der Waals surface area contributed by atoms with E-state index in [1.54, 1.807) is 0 Å². The fourth-order valence-corrected chi connectivity index (χ4v) is 1.73. The van der Waals surface area contributed by atoms with Gasteiger partial charge in [-0.1, -0.05) is 0 Å². The third kappa shape index (κ3) is 2.59. The molecule has 0 spiro atoms. The molecule has 0 aromatic heterocycles. The molecule has 0 aliphatic carbocycles. The van der Waals surface area contributed by atoms with Crippen molar-refractivity contribution in [1.82, 2.24) is 15.5 Å². The van der Waals surface area contributed by atoms with Gasteiger partial charge in [-0.25, -0.2) is 4.79 Å². The Morgan fingerprint density at radius 2 is 2.38 bits per heavy atom. The van der Waals surface area contributed by atoms with Crippen molar-refractivity contribution in [3.8, 4) is 0 Å².